The topological polar surface area (TPSA) is 66.3 Å². The van der Waals surface area contributed by atoms with Crippen molar-refractivity contribution >= 4 is 29.1 Å². The third-order valence-corrected chi connectivity index (χ3v) is 2.66. The molecule has 1 atom stereocenters. The van der Waals surface area contributed by atoms with Gasteiger partial charge in [-0.05, 0) is 13.0 Å². The Bertz CT molecular complexity index is 400. The van der Waals surface area contributed by atoms with Crippen LogP contribution >= 0.6 is 23.2 Å². The summed E-state index contributed by atoms with van der Waals surface area (Å²) in [4.78, 5) is 13.3. The van der Waals surface area contributed by atoms with Crippen molar-refractivity contribution in [2.75, 3.05) is 13.7 Å². The van der Waals surface area contributed by atoms with Crippen LogP contribution in [0.25, 0.3) is 0 Å². The maximum absolute atomic E-state index is 11.9. The predicted molar refractivity (Wildman–Crippen MR) is 60.7 cm³/mol. The first-order chi connectivity index (χ1) is 7.47. The second kappa shape index (κ2) is 5.43. The van der Waals surface area contributed by atoms with E-state index in [1.165, 1.54) is 11.0 Å². The minimum absolute atomic E-state index is 0.00797. The lowest BCUT2D eigenvalue weighted by atomic mass is 10.2. The minimum Gasteiger partial charge on any atom is -0.394 e. The van der Waals surface area contributed by atoms with E-state index in [-0.39, 0.29) is 34.4 Å². The molecule has 0 saturated carbocycles. The van der Waals surface area contributed by atoms with Gasteiger partial charge in [0.05, 0.1) is 18.2 Å². The Morgan fingerprint density at radius 3 is 2.75 bits per heavy atom. The summed E-state index contributed by atoms with van der Waals surface area (Å²) in [6.07, 6.45) is 0. The van der Waals surface area contributed by atoms with E-state index >= 15 is 0 Å². The molecule has 5 nitrogen and oxygen atoms in total. The highest BCUT2D eigenvalue weighted by Gasteiger charge is 2.20. The molecule has 88 valence electrons. The van der Waals surface area contributed by atoms with Crippen LogP contribution in [0, 0.1) is 0 Å². The summed E-state index contributed by atoms with van der Waals surface area (Å²) in [5.41, 5.74) is 0.171. The van der Waals surface area contributed by atoms with Crippen molar-refractivity contribution in [3.8, 4) is 0 Å². The predicted octanol–water partition coefficient (Wildman–Crippen LogP) is 1.24. The van der Waals surface area contributed by atoms with Crippen molar-refractivity contribution in [1.29, 1.82) is 0 Å². The number of likely N-dealkylation sites (N-methyl/N-ethyl adjacent to an activating group) is 1. The fraction of sp³-hybridized carbons (Fsp3) is 0.444. The van der Waals surface area contributed by atoms with E-state index in [0.717, 1.165) is 0 Å². The van der Waals surface area contributed by atoms with E-state index in [1.54, 1.807) is 14.0 Å². The summed E-state index contributed by atoms with van der Waals surface area (Å²) in [6.45, 7) is 1.58. The van der Waals surface area contributed by atoms with Gasteiger partial charge < -0.3 is 10.0 Å². The maximum Gasteiger partial charge on any atom is 0.257 e. The van der Waals surface area contributed by atoms with Crippen molar-refractivity contribution in [3.63, 3.8) is 0 Å². The third kappa shape index (κ3) is 2.81. The highest BCUT2D eigenvalue weighted by Crippen LogP contribution is 2.17. The second-order valence-electron chi connectivity index (χ2n) is 3.32. The van der Waals surface area contributed by atoms with Gasteiger partial charge in [-0.15, -0.1) is 10.2 Å². The first-order valence-corrected chi connectivity index (χ1v) is 5.29. The fourth-order valence-corrected chi connectivity index (χ4v) is 1.34. The first-order valence-electron chi connectivity index (χ1n) is 4.54. The number of carbonyl (C=O) groups excluding carboxylic acids is 1. The van der Waals surface area contributed by atoms with Gasteiger partial charge in [0.2, 0.25) is 0 Å². The quantitative estimate of drug-likeness (QED) is 0.891. The van der Waals surface area contributed by atoms with Gasteiger partial charge in [-0.25, -0.2) is 0 Å². The van der Waals surface area contributed by atoms with Crippen LogP contribution in [0.3, 0.4) is 0 Å². The number of amides is 1. The number of rotatable bonds is 3. The lowest BCUT2D eigenvalue weighted by Crippen LogP contribution is -2.37. The van der Waals surface area contributed by atoms with Gasteiger partial charge in [0.15, 0.2) is 10.3 Å². The lowest BCUT2D eigenvalue weighted by Gasteiger charge is -2.23. The molecule has 1 amide bonds. The Morgan fingerprint density at radius 1 is 1.56 bits per heavy atom. The highest BCUT2D eigenvalue weighted by atomic mass is 35.5. The molecule has 0 aliphatic carbocycles. The van der Waals surface area contributed by atoms with Gasteiger partial charge >= 0.3 is 0 Å². The number of hydrogen-bond acceptors (Lipinski definition) is 4. The molecule has 1 aromatic rings. The average molecular weight is 264 g/mol. The van der Waals surface area contributed by atoms with Gasteiger partial charge in [0, 0.05) is 7.05 Å². The van der Waals surface area contributed by atoms with Gasteiger partial charge in [-0.1, -0.05) is 23.2 Å². The minimum atomic E-state index is -0.358. The molecule has 0 radical (unpaired) electrons. The standard InChI is InChI=1S/C9H11Cl2N3O2/c1-5(4-15)14(2)9(16)6-3-7(10)12-13-8(6)11/h3,5,15H,4H2,1-2H3. The zero-order valence-electron chi connectivity index (χ0n) is 8.81. The summed E-state index contributed by atoms with van der Waals surface area (Å²) in [6, 6.07) is 1.04. The SMILES string of the molecule is CC(CO)N(C)C(=O)c1cc(Cl)nnc1Cl. The Morgan fingerprint density at radius 2 is 2.19 bits per heavy atom. The fourth-order valence-electron chi connectivity index (χ4n) is 1.02. The number of hydrogen-bond donors (Lipinski definition) is 1. The molecule has 1 N–H and O–H groups in total. The Hall–Kier alpha value is -0.910. The monoisotopic (exact) mass is 263 g/mol. The van der Waals surface area contributed by atoms with Crippen molar-refractivity contribution in [2.45, 2.75) is 13.0 Å². The molecule has 1 heterocycles. The molecule has 0 aliphatic heterocycles. The molecule has 1 aromatic heterocycles. The zero-order valence-corrected chi connectivity index (χ0v) is 10.3. The van der Waals surface area contributed by atoms with E-state index < -0.39 is 0 Å². The first kappa shape index (κ1) is 13.2. The molecule has 1 unspecified atom stereocenters. The van der Waals surface area contributed by atoms with Gasteiger partial charge in [0.1, 0.15) is 0 Å². The van der Waals surface area contributed by atoms with Crippen LogP contribution in [-0.2, 0) is 0 Å². The van der Waals surface area contributed by atoms with Crippen LogP contribution in [-0.4, -0.2) is 45.8 Å². The van der Waals surface area contributed by atoms with E-state index in [0.29, 0.717) is 0 Å². The molecule has 1 rings (SSSR count). The lowest BCUT2D eigenvalue weighted by molar-refractivity contribution is 0.0681. The molecule has 0 aromatic carbocycles. The third-order valence-electron chi connectivity index (χ3n) is 2.20. The molecule has 16 heavy (non-hydrogen) atoms. The van der Waals surface area contributed by atoms with Gasteiger partial charge in [0.25, 0.3) is 5.91 Å². The van der Waals surface area contributed by atoms with Crippen molar-refractivity contribution in [3.05, 3.63) is 21.9 Å². The molecule has 7 heteroatoms. The smallest absolute Gasteiger partial charge is 0.257 e. The van der Waals surface area contributed by atoms with E-state index in [2.05, 4.69) is 10.2 Å². The van der Waals surface area contributed by atoms with Crippen LogP contribution in [0.5, 0.6) is 0 Å². The van der Waals surface area contributed by atoms with Gasteiger partial charge in [-0.2, -0.15) is 0 Å². The molecular weight excluding hydrogens is 253 g/mol. The number of aliphatic hydroxyl groups is 1. The molecule has 0 fully saturated rings. The van der Waals surface area contributed by atoms with Crippen LogP contribution in [0.4, 0.5) is 0 Å². The van der Waals surface area contributed by atoms with Crippen LogP contribution < -0.4 is 0 Å². The summed E-state index contributed by atoms with van der Waals surface area (Å²) in [7, 11) is 1.56. The van der Waals surface area contributed by atoms with Gasteiger partial charge in [-0.3, -0.25) is 4.79 Å². The zero-order chi connectivity index (χ0) is 12.3. The number of aromatic nitrogens is 2. The summed E-state index contributed by atoms with van der Waals surface area (Å²) < 4.78 is 0. The number of halogens is 2. The van der Waals surface area contributed by atoms with Crippen LogP contribution in [0.2, 0.25) is 10.3 Å². The number of aliphatic hydroxyl groups excluding tert-OH is 1. The van der Waals surface area contributed by atoms with Crippen LogP contribution in [0.15, 0.2) is 6.07 Å². The molecule has 0 bridgehead atoms. The molecule has 0 aliphatic rings. The molecular formula is C9H11Cl2N3O2. The van der Waals surface area contributed by atoms with Crippen LogP contribution in [0.1, 0.15) is 17.3 Å². The number of nitrogens with zero attached hydrogens (tertiary/aromatic N) is 3. The molecule has 0 saturated heterocycles. The molecule has 0 spiro atoms. The van der Waals surface area contributed by atoms with E-state index in [4.69, 9.17) is 28.3 Å². The van der Waals surface area contributed by atoms with E-state index in [1.807, 2.05) is 0 Å². The maximum atomic E-state index is 11.9. The van der Waals surface area contributed by atoms with Crippen molar-refractivity contribution in [2.24, 2.45) is 0 Å². The summed E-state index contributed by atoms with van der Waals surface area (Å²) >= 11 is 11.4. The highest BCUT2D eigenvalue weighted by molar-refractivity contribution is 6.34. The summed E-state index contributed by atoms with van der Waals surface area (Å²) in [5, 5.41) is 16.1. The Kier molecular flexibility index (Phi) is 4.46. The Balaban J connectivity index is 3.00. The van der Waals surface area contributed by atoms with E-state index in [9.17, 15) is 4.79 Å². The van der Waals surface area contributed by atoms with Crippen molar-refractivity contribution < 1.29 is 9.90 Å². The number of carbonyl (C=O) groups is 1. The normalized spacial score (nSPS) is 12.3. The second-order valence-corrected chi connectivity index (χ2v) is 4.06. The average Bonchev–Trinajstić information content (AvgIpc) is 2.29. The summed E-state index contributed by atoms with van der Waals surface area (Å²) in [5.74, 6) is -0.358. The Labute approximate surface area is 103 Å². The largest absolute Gasteiger partial charge is 0.394 e. The van der Waals surface area contributed by atoms with Crippen molar-refractivity contribution in [1.82, 2.24) is 15.1 Å².